The van der Waals surface area contributed by atoms with Crippen molar-refractivity contribution in [2.45, 2.75) is 33.2 Å². The molecule has 0 aliphatic rings. The van der Waals surface area contributed by atoms with Crippen LogP contribution in [-0.4, -0.2) is 56.2 Å². The first-order valence-corrected chi connectivity index (χ1v) is 12.1. The van der Waals surface area contributed by atoms with Gasteiger partial charge in [-0.15, -0.1) is 0 Å². The number of hydrogen-bond donors (Lipinski definition) is 1. The highest BCUT2D eigenvalue weighted by atomic mass is 35.5. The second kappa shape index (κ2) is 10.4. The normalized spacial score (nSPS) is 11.8. The Bertz CT molecular complexity index is 1540. The first kappa shape index (κ1) is 25.9. The summed E-state index contributed by atoms with van der Waals surface area (Å²) >= 11 is 6.49. The summed E-state index contributed by atoms with van der Waals surface area (Å²) in [5.74, 6) is 0.530. The Morgan fingerprint density at radius 3 is 2.73 bits per heavy atom. The van der Waals surface area contributed by atoms with E-state index in [0.717, 1.165) is 16.7 Å². The van der Waals surface area contributed by atoms with Crippen LogP contribution in [0.3, 0.4) is 0 Å². The minimum absolute atomic E-state index is 0.0367. The zero-order valence-corrected chi connectivity index (χ0v) is 22.0. The molecule has 1 aromatic carbocycles. The maximum Gasteiger partial charge on any atom is 0.272 e. The maximum absolute atomic E-state index is 13.2. The number of nitrogen functional groups attached to an aromatic ring is 1. The zero-order chi connectivity index (χ0) is 26.9. The minimum Gasteiger partial charge on any atom is -0.492 e. The molecule has 0 fully saturated rings. The number of carbonyl (C=O) groups excluding carboxylic acids is 1. The number of hydrogen-bond acceptors (Lipinski definition) is 8. The molecule has 4 aromatic rings. The van der Waals surface area contributed by atoms with Crippen LogP contribution in [0.1, 0.15) is 47.2 Å². The number of carbonyl (C=O) groups is 1. The average molecular weight is 519 g/mol. The molecule has 0 saturated heterocycles. The van der Waals surface area contributed by atoms with Crippen LogP contribution in [0.5, 0.6) is 5.75 Å². The zero-order valence-electron chi connectivity index (χ0n) is 21.3. The van der Waals surface area contributed by atoms with Crippen LogP contribution in [0.15, 0.2) is 30.7 Å². The molecule has 0 spiro atoms. The molecule has 0 aliphatic heterocycles. The van der Waals surface area contributed by atoms with E-state index >= 15 is 0 Å². The minimum atomic E-state index is -0.495. The van der Waals surface area contributed by atoms with Gasteiger partial charge in [0.15, 0.2) is 5.65 Å². The van der Waals surface area contributed by atoms with Crippen molar-refractivity contribution < 1.29 is 9.53 Å². The lowest BCUT2D eigenvalue weighted by Gasteiger charge is -2.21. The molecule has 4 rings (SSSR count). The number of aryl methyl sites for hydroxylation is 1. The van der Waals surface area contributed by atoms with Crippen molar-refractivity contribution in [2.24, 2.45) is 0 Å². The third-order valence-corrected chi connectivity index (χ3v) is 6.37. The number of nitrogens with two attached hydrogens (primary N) is 1. The van der Waals surface area contributed by atoms with Gasteiger partial charge in [0.05, 0.1) is 41.2 Å². The number of anilines is 1. The second-order valence-electron chi connectivity index (χ2n) is 8.72. The van der Waals surface area contributed by atoms with Crippen LogP contribution >= 0.6 is 11.6 Å². The highest BCUT2D eigenvalue weighted by molar-refractivity contribution is 6.32. The number of fused-ring (bicyclic) bond motifs is 1. The van der Waals surface area contributed by atoms with Crippen molar-refractivity contribution in [1.82, 2.24) is 29.6 Å². The third-order valence-electron chi connectivity index (χ3n) is 6.08. The highest BCUT2D eigenvalue weighted by Crippen LogP contribution is 2.40. The predicted molar refractivity (Wildman–Crippen MR) is 141 cm³/mol. The number of nitriles is 1. The fourth-order valence-electron chi connectivity index (χ4n) is 4.30. The lowest BCUT2D eigenvalue weighted by Crippen LogP contribution is -2.26. The van der Waals surface area contributed by atoms with Gasteiger partial charge in [-0.05, 0) is 38.5 Å². The summed E-state index contributed by atoms with van der Waals surface area (Å²) in [7, 11) is 3.34. The van der Waals surface area contributed by atoms with Gasteiger partial charge in [-0.25, -0.2) is 14.6 Å². The largest absolute Gasteiger partial charge is 0.492 e. The van der Waals surface area contributed by atoms with E-state index in [2.05, 4.69) is 26.1 Å². The van der Waals surface area contributed by atoms with Crippen molar-refractivity contribution >= 4 is 34.4 Å². The number of nitrogens with zero attached hydrogens (tertiary/aromatic N) is 7. The molecule has 2 N–H and O–H groups in total. The standard InChI is InChI=1S/C26H27ClN8O2/c1-6-37-23-18(27)8-7-14(2)20(23)16-11-17(22(30-12-16)26(36)34(4)5)15(3)35-25-21(19(33-35)9-10-28)24(29)31-13-32-25/h7-8,11-13,15H,6,9H2,1-5H3,(H2,29,31,32). The topological polar surface area (TPSA) is 136 Å². The molecule has 190 valence electrons. The number of ether oxygens (including phenoxy) is 1. The van der Waals surface area contributed by atoms with Gasteiger partial charge in [0.25, 0.3) is 5.91 Å². The Kier molecular flexibility index (Phi) is 7.27. The van der Waals surface area contributed by atoms with E-state index in [1.807, 2.05) is 32.9 Å². The van der Waals surface area contributed by atoms with Gasteiger partial charge in [0, 0.05) is 37.0 Å². The van der Waals surface area contributed by atoms with E-state index in [-0.39, 0.29) is 23.8 Å². The number of rotatable bonds is 7. The molecular formula is C26H27ClN8O2. The molecule has 11 heteroatoms. The molecule has 3 heterocycles. The van der Waals surface area contributed by atoms with Crippen molar-refractivity contribution in [3.63, 3.8) is 0 Å². The van der Waals surface area contributed by atoms with Crippen LogP contribution < -0.4 is 10.5 Å². The Hall–Kier alpha value is -4.23. The van der Waals surface area contributed by atoms with Crippen molar-refractivity contribution in [1.29, 1.82) is 5.26 Å². The van der Waals surface area contributed by atoms with Crippen LogP contribution in [0.2, 0.25) is 5.02 Å². The summed E-state index contributed by atoms with van der Waals surface area (Å²) in [6.07, 6.45) is 3.04. The van der Waals surface area contributed by atoms with E-state index in [1.54, 1.807) is 31.0 Å². The number of benzene rings is 1. The summed E-state index contributed by atoms with van der Waals surface area (Å²) in [5, 5.41) is 15.0. The van der Waals surface area contributed by atoms with Crippen LogP contribution in [-0.2, 0) is 6.42 Å². The fourth-order valence-corrected chi connectivity index (χ4v) is 4.51. The summed E-state index contributed by atoms with van der Waals surface area (Å²) in [4.78, 5) is 27.7. The number of pyridine rings is 1. The van der Waals surface area contributed by atoms with E-state index in [4.69, 9.17) is 22.1 Å². The Labute approximate surface area is 219 Å². The Morgan fingerprint density at radius 2 is 2.05 bits per heavy atom. The smallest absolute Gasteiger partial charge is 0.272 e. The average Bonchev–Trinajstić information content (AvgIpc) is 3.25. The Balaban J connectivity index is 1.98. The van der Waals surface area contributed by atoms with Crippen LogP contribution in [0, 0.1) is 18.3 Å². The quantitative estimate of drug-likeness (QED) is 0.384. The number of amides is 1. The van der Waals surface area contributed by atoms with Gasteiger partial charge >= 0.3 is 0 Å². The first-order valence-electron chi connectivity index (χ1n) is 11.7. The summed E-state index contributed by atoms with van der Waals surface area (Å²) in [6.45, 7) is 6.18. The fraction of sp³-hybridized carbons (Fsp3) is 0.308. The highest BCUT2D eigenvalue weighted by Gasteiger charge is 2.26. The number of aromatic nitrogens is 5. The SMILES string of the molecule is CCOc1c(Cl)ccc(C)c1-c1cnc(C(=O)N(C)C)c(C(C)n2nc(CC#N)c3c(N)ncnc32)c1. The molecule has 10 nitrogen and oxygen atoms in total. The van der Waals surface area contributed by atoms with Crippen molar-refractivity contribution in [2.75, 3.05) is 26.4 Å². The Morgan fingerprint density at radius 1 is 1.30 bits per heavy atom. The van der Waals surface area contributed by atoms with Gasteiger partial charge in [0.2, 0.25) is 0 Å². The van der Waals surface area contributed by atoms with Gasteiger partial charge in [-0.3, -0.25) is 9.78 Å². The van der Waals surface area contributed by atoms with Gasteiger partial charge < -0.3 is 15.4 Å². The number of halogens is 1. The molecule has 37 heavy (non-hydrogen) atoms. The molecule has 1 amide bonds. The molecule has 1 atom stereocenters. The van der Waals surface area contributed by atoms with Crippen molar-refractivity contribution in [3.8, 4) is 22.9 Å². The second-order valence-corrected chi connectivity index (χ2v) is 9.13. The first-order chi connectivity index (χ1) is 17.7. The van der Waals surface area contributed by atoms with Gasteiger partial charge in [-0.1, -0.05) is 17.7 Å². The third kappa shape index (κ3) is 4.66. The van der Waals surface area contributed by atoms with E-state index in [0.29, 0.717) is 39.7 Å². The van der Waals surface area contributed by atoms with Gasteiger partial charge in [-0.2, -0.15) is 10.4 Å². The van der Waals surface area contributed by atoms with E-state index in [9.17, 15) is 10.1 Å². The van der Waals surface area contributed by atoms with E-state index in [1.165, 1.54) is 11.2 Å². The van der Waals surface area contributed by atoms with E-state index < -0.39 is 6.04 Å². The van der Waals surface area contributed by atoms with Crippen LogP contribution in [0.4, 0.5) is 5.82 Å². The maximum atomic E-state index is 13.2. The lowest BCUT2D eigenvalue weighted by atomic mass is 9.96. The predicted octanol–water partition coefficient (Wildman–Crippen LogP) is 4.21. The molecule has 1 unspecified atom stereocenters. The summed E-state index contributed by atoms with van der Waals surface area (Å²) in [5.41, 5.74) is 10.4. The van der Waals surface area contributed by atoms with Crippen LogP contribution in [0.25, 0.3) is 22.2 Å². The molecule has 0 bridgehead atoms. The summed E-state index contributed by atoms with van der Waals surface area (Å²) < 4.78 is 7.55. The van der Waals surface area contributed by atoms with Crippen molar-refractivity contribution in [3.05, 3.63) is 58.3 Å². The molecule has 0 radical (unpaired) electrons. The van der Waals surface area contributed by atoms with Gasteiger partial charge in [0.1, 0.15) is 23.6 Å². The molecular weight excluding hydrogens is 492 g/mol. The lowest BCUT2D eigenvalue weighted by molar-refractivity contribution is 0.0820. The molecule has 0 aliphatic carbocycles. The summed E-state index contributed by atoms with van der Waals surface area (Å²) in [6, 6.07) is 7.23. The monoisotopic (exact) mass is 518 g/mol. The molecule has 0 saturated carbocycles. The molecule has 3 aromatic heterocycles.